The Morgan fingerprint density at radius 2 is 2.00 bits per heavy atom. The monoisotopic (exact) mass is 214 g/mol. The molecule has 4 heteroatoms. The van der Waals surface area contributed by atoms with Crippen molar-refractivity contribution in [2.45, 2.75) is 38.8 Å². The number of hydrogen-bond acceptors (Lipinski definition) is 4. The first kappa shape index (κ1) is 12.5. The molecule has 0 bridgehead atoms. The van der Waals surface area contributed by atoms with Crippen LogP contribution in [0.15, 0.2) is 0 Å². The molecule has 1 aliphatic heterocycles. The molecule has 15 heavy (non-hydrogen) atoms. The summed E-state index contributed by atoms with van der Waals surface area (Å²) in [5, 5.41) is 6.70. The predicted molar refractivity (Wildman–Crippen MR) is 59.7 cm³/mol. The van der Waals surface area contributed by atoms with Crippen molar-refractivity contribution in [1.29, 1.82) is 0 Å². The predicted octanol–water partition coefficient (Wildman–Crippen LogP) is 0.526. The SMILES string of the molecule is COC(=O)[C@@H](NC1CCNCC1)C(C)C. The fourth-order valence-electron chi connectivity index (χ4n) is 1.90. The molecule has 88 valence electrons. The minimum Gasteiger partial charge on any atom is -0.468 e. The van der Waals surface area contributed by atoms with Gasteiger partial charge >= 0.3 is 5.97 Å². The summed E-state index contributed by atoms with van der Waals surface area (Å²) >= 11 is 0. The van der Waals surface area contributed by atoms with Crippen molar-refractivity contribution in [3.63, 3.8) is 0 Å². The first-order chi connectivity index (χ1) is 7.15. The number of rotatable bonds is 4. The molecule has 1 fully saturated rings. The number of hydrogen-bond donors (Lipinski definition) is 2. The van der Waals surface area contributed by atoms with E-state index in [1.165, 1.54) is 7.11 Å². The highest BCUT2D eigenvalue weighted by Gasteiger charge is 2.26. The molecular formula is C11H22N2O2. The smallest absolute Gasteiger partial charge is 0.323 e. The third-order valence-electron chi connectivity index (χ3n) is 2.88. The van der Waals surface area contributed by atoms with Gasteiger partial charge in [-0.25, -0.2) is 0 Å². The third kappa shape index (κ3) is 3.80. The van der Waals surface area contributed by atoms with E-state index in [0.29, 0.717) is 6.04 Å². The van der Waals surface area contributed by atoms with Crippen molar-refractivity contribution in [2.75, 3.05) is 20.2 Å². The average Bonchev–Trinajstić information content (AvgIpc) is 2.26. The second-order valence-electron chi connectivity index (χ2n) is 4.44. The van der Waals surface area contributed by atoms with Crippen molar-refractivity contribution in [3.8, 4) is 0 Å². The summed E-state index contributed by atoms with van der Waals surface area (Å²) < 4.78 is 4.80. The Morgan fingerprint density at radius 1 is 1.40 bits per heavy atom. The van der Waals surface area contributed by atoms with Gasteiger partial charge in [-0.1, -0.05) is 13.8 Å². The average molecular weight is 214 g/mol. The summed E-state index contributed by atoms with van der Waals surface area (Å²) in [7, 11) is 1.45. The molecule has 0 unspecified atom stereocenters. The van der Waals surface area contributed by atoms with Crippen LogP contribution in [-0.4, -0.2) is 38.3 Å². The molecule has 0 spiro atoms. The molecule has 0 aromatic carbocycles. The molecule has 0 radical (unpaired) electrons. The number of methoxy groups -OCH3 is 1. The van der Waals surface area contributed by atoms with E-state index in [1.54, 1.807) is 0 Å². The quantitative estimate of drug-likeness (QED) is 0.670. The number of nitrogens with one attached hydrogen (secondary N) is 2. The molecule has 4 nitrogen and oxygen atoms in total. The zero-order chi connectivity index (χ0) is 11.3. The molecule has 0 saturated carbocycles. The van der Waals surface area contributed by atoms with Gasteiger partial charge in [-0.05, 0) is 31.8 Å². The highest BCUT2D eigenvalue weighted by Crippen LogP contribution is 2.09. The lowest BCUT2D eigenvalue weighted by Crippen LogP contribution is -2.50. The van der Waals surface area contributed by atoms with Crippen LogP contribution in [0.1, 0.15) is 26.7 Å². The lowest BCUT2D eigenvalue weighted by atomic mass is 10.00. The van der Waals surface area contributed by atoms with Gasteiger partial charge in [-0.15, -0.1) is 0 Å². The maximum atomic E-state index is 11.5. The van der Waals surface area contributed by atoms with Crippen LogP contribution in [0.4, 0.5) is 0 Å². The van der Waals surface area contributed by atoms with E-state index in [0.717, 1.165) is 25.9 Å². The number of carbonyl (C=O) groups is 1. The lowest BCUT2D eigenvalue weighted by Gasteiger charge is -2.29. The third-order valence-corrected chi connectivity index (χ3v) is 2.88. The van der Waals surface area contributed by atoms with E-state index in [-0.39, 0.29) is 17.9 Å². The van der Waals surface area contributed by atoms with Crippen molar-refractivity contribution < 1.29 is 9.53 Å². The van der Waals surface area contributed by atoms with E-state index in [4.69, 9.17) is 4.74 Å². The molecule has 0 aliphatic carbocycles. The Bertz CT molecular complexity index is 201. The lowest BCUT2D eigenvalue weighted by molar-refractivity contribution is -0.144. The summed E-state index contributed by atoms with van der Waals surface area (Å²) in [5.74, 6) is 0.121. The molecule has 1 rings (SSSR count). The van der Waals surface area contributed by atoms with Crippen LogP contribution in [0, 0.1) is 5.92 Å². The standard InChI is InChI=1S/C11H22N2O2/c1-8(2)10(11(14)15-3)13-9-4-6-12-7-5-9/h8-10,12-13H,4-7H2,1-3H3/t10-/m0/s1. The van der Waals surface area contributed by atoms with Gasteiger partial charge in [0.2, 0.25) is 0 Å². The minimum atomic E-state index is -0.168. The number of esters is 1. The van der Waals surface area contributed by atoms with Gasteiger partial charge in [0.05, 0.1) is 7.11 Å². The Hall–Kier alpha value is -0.610. The summed E-state index contributed by atoms with van der Waals surface area (Å²) in [6.07, 6.45) is 2.17. The normalized spacial score (nSPS) is 20.3. The Labute approximate surface area is 91.8 Å². The maximum Gasteiger partial charge on any atom is 0.323 e. The largest absolute Gasteiger partial charge is 0.468 e. The summed E-state index contributed by atoms with van der Waals surface area (Å²) in [5.41, 5.74) is 0. The van der Waals surface area contributed by atoms with Crippen molar-refractivity contribution in [3.05, 3.63) is 0 Å². The van der Waals surface area contributed by atoms with Crippen LogP contribution in [0.25, 0.3) is 0 Å². The first-order valence-corrected chi connectivity index (χ1v) is 5.69. The first-order valence-electron chi connectivity index (χ1n) is 5.69. The fourth-order valence-corrected chi connectivity index (χ4v) is 1.90. The van der Waals surface area contributed by atoms with Gasteiger partial charge in [0.15, 0.2) is 0 Å². The molecule has 0 aromatic heterocycles. The van der Waals surface area contributed by atoms with E-state index in [2.05, 4.69) is 10.6 Å². The molecule has 0 amide bonds. The van der Waals surface area contributed by atoms with Crippen molar-refractivity contribution in [1.82, 2.24) is 10.6 Å². The van der Waals surface area contributed by atoms with Crippen LogP contribution >= 0.6 is 0 Å². The summed E-state index contributed by atoms with van der Waals surface area (Å²) in [6, 6.07) is 0.274. The summed E-state index contributed by atoms with van der Waals surface area (Å²) in [6.45, 7) is 6.14. The molecule has 1 aliphatic rings. The van der Waals surface area contributed by atoms with Gasteiger partial charge in [0.25, 0.3) is 0 Å². The zero-order valence-corrected chi connectivity index (χ0v) is 9.88. The Morgan fingerprint density at radius 3 is 2.47 bits per heavy atom. The van der Waals surface area contributed by atoms with Crippen molar-refractivity contribution >= 4 is 5.97 Å². The molecule has 1 saturated heterocycles. The highest BCUT2D eigenvalue weighted by molar-refractivity contribution is 5.75. The zero-order valence-electron chi connectivity index (χ0n) is 9.88. The molecular weight excluding hydrogens is 192 g/mol. The van der Waals surface area contributed by atoms with Gasteiger partial charge in [0.1, 0.15) is 6.04 Å². The van der Waals surface area contributed by atoms with Gasteiger partial charge in [0, 0.05) is 6.04 Å². The second kappa shape index (κ2) is 6.08. The van der Waals surface area contributed by atoms with Crippen LogP contribution in [0.3, 0.4) is 0 Å². The van der Waals surface area contributed by atoms with Crippen LogP contribution in [0.5, 0.6) is 0 Å². The van der Waals surface area contributed by atoms with Crippen LogP contribution < -0.4 is 10.6 Å². The van der Waals surface area contributed by atoms with Gasteiger partial charge in [-0.3, -0.25) is 4.79 Å². The van der Waals surface area contributed by atoms with E-state index in [9.17, 15) is 4.79 Å². The Kier molecular flexibility index (Phi) is 5.05. The second-order valence-corrected chi connectivity index (χ2v) is 4.44. The molecule has 1 heterocycles. The highest BCUT2D eigenvalue weighted by atomic mass is 16.5. The van der Waals surface area contributed by atoms with Crippen LogP contribution in [-0.2, 0) is 9.53 Å². The molecule has 2 N–H and O–H groups in total. The Balaban J connectivity index is 2.46. The number of carbonyl (C=O) groups excluding carboxylic acids is 1. The van der Waals surface area contributed by atoms with Gasteiger partial charge in [-0.2, -0.15) is 0 Å². The summed E-state index contributed by atoms with van der Waals surface area (Å²) in [4.78, 5) is 11.5. The van der Waals surface area contributed by atoms with Crippen molar-refractivity contribution in [2.24, 2.45) is 5.92 Å². The van der Waals surface area contributed by atoms with E-state index in [1.807, 2.05) is 13.8 Å². The van der Waals surface area contributed by atoms with E-state index >= 15 is 0 Å². The van der Waals surface area contributed by atoms with E-state index < -0.39 is 0 Å². The maximum absolute atomic E-state index is 11.5. The fraction of sp³-hybridized carbons (Fsp3) is 0.909. The number of piperidine rings is 1. The van der Waals surface area contributed by atoms with Gasteiger partial charge < -0.3 is 15.4 Å². The molecule has 1 atom stereocenters. The van der Waals surface area contributed by atoms with Crippen LogP contribution in [0.2, 0.25) is 0 Å². The number of ether oxygens (including phenoxy) is 1. The molecule has 0 aromatic rings. The minimum absolute atomic E-state index is 0.150. The topological polar surface area (TPSA) is 50.4 Å².